The van der Waals surface area contributed by atoms with Crippen molar-refractivity contribution in [2.75, 3.05) is 14.7 Å². The Labute approximate surface area is 288 Å². The molecule has 0 amide bonds. The van der Waals surface area contributed by atoms with E-state index in [1.807, 2.05) is 0 Å². The van der Waals surface area contributed by atoms with Gasteiger partial charge in [-0.05, 0) is 96.5 Å². The van der Waals surface area contributed by atoms with E-state index < -0.39 is 11.9 Å². The van der Waals surface area contributed by atoms with Crippen molar-refractivity contribution in [1.82, 2.24) is 0 Å². The van der Waals surface area contributed by atoms with E-state index in [2.05, 4.69) is 138 Å². The first kappa shape index (κ1) is 25.6. The second kappa shape index (κ2) is 9.59. The van der Waals surface area contributed by atoms with E-state index in [0.717, 1.165) is 59.7 Å². The van der Waals surface area contributed by atoms with Crippen molar-refractivity contribution in [3.63, 3.8) is 0 Å². The lowest BCUT2D eigenvalue weighted by Crippen LogP contribution is -2.65. The van der Waals surface area contributed by atoms with E-state index in [0.29, 0.717) is 6.42 Å². The monoisotopic (exact) mass is 625 g/mol. The van der Waals surface area contributed by atoms with Crippen molar-refractivity contribution < 1.29 is 2.74 Å². The van der Waals surface area contributed by atoms with Crippen LogP contribution in [-0.4, -0.2) is 18.3 Å². The quantitative estimate of drug-likeness (QED) is 0.185. The van der Waals surface area contributed by atoms with Crippen LogP contribution in [0.1, 0.15) is 85.0 Å². The Morgan fingerprint density at radius 1 is 0.688 bits per heavy atom. The van der Waals surface area contributed by atoms with Crippen LogP contribution in [0.5, 0.6) is 0 Å². The van der Waals surface area contributed by atoms with E-state index in [9.17, 15) is 2.74 Å². The maximum absolute atomic E-state index is 10.4. The zero-order chi connectivity index (χ0) is 33.6. The molecule has 2 saturated carbocycles. The molecule has 0 radical (unpaired) electrons. The van der Waals surface area contributed by atoms with E-state index in [-0.39, 0.29) is 17.7 Å². The number of hydrogen-bond donors (Lipinski definition) is 0. The number of para-hydroxylation sites is 4. The summed E-state index contributed by atoms with van der Waals surface area (Å²) >= 11 is 0. The lowest BCUT2D eigenvalue weighted by Gasteiger charge is -2.53. The van der Waals surface area contributed by atoms with E-state index in [1.54, 1.807) is 0 Å². The number of benzene rings is 5. The molecule has 48 heavy (non-hydrogen) atoms. The number of hydrogen-bond acceptors (Lipinski definition) is 3. The molecule has 3 nitrogen and oxygen atoms in total. The molecule has 2 fully saturated rings. The minimum absolute atomic E-state index is 0.0311. The van der Waals surface area contributed by atoms with Gasteiger partial charge in [-0.2, -0.15) is 0 Å². The first-order chi connectivity index (χ1) is 24.3. The van der Waals surface area contributed by atoms with Crippen LogP contribution in [0.15, 0.2) is 109 Å². The van der Waals surface area contributed by atoms with Gasteiger partial charge in [0.25, 0.3) is 6.71 Å². The van der Waals surface area contributed by atoms with Gasteiger partial charge >= 0.3 is 0 Å². The Bertz CT molecular complexity index is 2090. The summed E-state index contributed by atoms with van der Waals surface area (Å²) in [5.74, 6) is -0.985. The molecule has 0 aromatic heterocycles. The molecule has 0 saturated heterocycles. The summed E-state index contributed by atoms with van der Waals surface area (Å²) < 4.78 is 20.6. The first-order valence-corrected chi connectivity index (χ1v) is 18.3. The molecule has 0 bridgehead atoms. The average molecular weight is 626 g/mol. The first-order valence-electron chi connectivity index (χ1n) is 19.3. The molecular formula is C44H42BN3. The fourth-order valence-corrected chi connectivity index (χ4v) is 11.0. The van der Waals surface area contributed by atoms with Gasteiger partial charge in [-0.3, -0.25) is 0 Å². The summed E-state index contributed by atoms with van der Waals surface area (Å²) in [4.78, 5) is 7.54. The maximum atomic E-state index is 10.4. The second-order valence-electron chi connectivity index (χ2n) is 15.4. The molecule has 0 spiro atoms. The lowest BCUT2D eigenvalue weighted by atomic mass is 9.33. The van der Waals surface area contributed by atoms with Crippen LogP contribution < -0.4 is 31.1 Å². The lowest BCUT2D eigenvalue weighted by molar-refractivity contribution is 0.195. The minimum Gasteiger partial charge on any atom is -0.338 e. The summed E-state index contributed by atoms with van der Waals surface area (Å²) in [5, 5.41) is 0. The van der Waals surface area contributed by atoms with Crippen molar-refractivity contribution in [2.45, 2.75) is 88.1 Å². The molecule has 11 rings (SSSR count). The molecule has 4 atom stereocenters. The number of rotatable bonds is 3. The number of nitrogens with zero attached hydrogens (tertiary/aromatic N) is 3. The summed E-state index contributed by atoms with van der Waals surface area (Å²) in [5.41, 5.74) is 14.8. The Kier molecular flexibility index (Phi) is 5.11. The normalized spacial score (nSPS) is 30.4. The SMILES string of the molecule is [2H]C12CCCCC1([2H])N1c3cc(N(c4ccccc4)c4ccccc4)cc4c3B(c3cccc2c31)c1cccc2c1N4C1(C)CCCCC21C. The van der Waals surface area contributed by atoms with Gasteiger partial charge in [-0.1, -0.05) is 105 Å². The molecule has 4 aliphatic heterocycles. The van der Waals surface area contributed by atoms with Gasteiger partial charge in [0.2, 0.25) is 0 Å². The maximum Gasteiger partial charge on any atom is 0.252 e. The topological polar surface area (TPSA) is 9.72 Å². The van der Waals surface area contributed by atoms with Crippen LogP contribution >= 0.6 is 0 Å². The van der Waals surface area contributed by atoms with Gasteiger partial charge in [-0.15, -0.1) is 0 Å². The highest BCUT2D eigenvalue weighted by molar-refractivity contribution is 7.00. The zero-order valence-electron chi connectivity index (χ0n) is 30.0. The molecule has 6 aliphatic rings. The number of fused-ring (bicyclic) bond motifs is 10. The van der Waals surface area contributed by atoms with Crippen LogP contribution in [0.25, 0.3) is 0 Å². The smallest absolute Gasteiger partial charge is 0.252 e. The Morgan fingerprint density at radius 2 is 1.35 bits per heavy atom. The van der Waals surface area contributed by atoms with Crippen molar-refractivity contribution in [2.24, 2.45) is 0 Å². The van der Waals surface area contributed by atoms with Crippen LogP contribution in [-0.2, 0) is 5.41 Å². The molecule has 0 N–H and O–H groups in total. The molecular weight excluding hydrogens is 581 g/mol. The molecule has 5 aromatic rings. The van der Waals surface area contributed by atoms with Crippen molar-refractivity contribution in [3.8, 4) is 0 Å². The summed E-state index contributed by atoms with van der Waals surface area (Å²) in [6.07, 6.45) is 8.20. The highest BCUT2D eigenvalue weighted by Gasteiger charge is 2.62. The predicted molar refractivity (Wildman–Crippen MR) is 202 cm³/mol. The third-order valence-electron chi connectivity index (χ3n) is 13.3. The third-order valence-corrected chi connectivity index (χ3v) is 13.3. The van der Waals surface area contributed by atoms with Gasteiger partial charge in [0.05, 0.1) is 12.6 Å². The highest BCUT2D eigenvalue weighted by Crippen LogP contribution is 2.62. The molecule has 4 heterocycles. The largest absolute Gasteiger partial charge is 0.338 e. The fourth-order valence-electron chi connectivity index (χ4n) is 11.0. The fraction of sp³-hybridized carbons (Fsp3) is 0.318. The van der Waals surface area contributed by atoms with Crippen LogP contribution in [0, 0.1) is 0 Å². The Hall–Kier alpha value is -4.44. The van der Waals surface area contributed by atoms with Crippen LogP contribution in [0.4, 0.5) is 39.8 Å². The summed E-state index contributed by atoms with van der Waals surface area (Å²) in [7, 11) is 0. The molecule has 5 aromatic carbocycles. The van der Waals surface area contributed by atoms with Gasteiger partial charge in [0, 0.05) is 52.8 Å². The van der Waals surface area contributed by atoms with E-state index in [4.69, 9.17) is 0 Å². The zero-order valence-corrected chi connectivity index (χ0v) is 28.0. The molecule has 4 unspecified atom stereocenters. The minimum atomic E-state index is -1.08. The predicted octanol–water partition coefficient (Wildman–Crippen LogP) is 9.22. The third kappa shape index (κ3) is 3.27. The Balaban J connectivity index is 1.28. The summed E-state index contributed by atoms with van der Waals surface area (Å²) in [6, 6.07) is 39.1. The van der Waals surface area contributed by atoms with Crippen molar-refractivity contribution >= 4 is 62.9 Å². The molecule has 4 heteroatoms. The van der Waals surface area contributed by atoms with E-state index >= 15 is 0 Å². The Morgan fingerprint density at radius 3 is 2.12 bits per heavy atom. The van der Waals surface area contributed by atoms with E-state index in [1.165, 1.54) is 52.6 Å². The van der Waals surface area contributed by atoms with Gasteiger partial charge in [-0.25, -0.2) is 0 Å². The molecule has 236 valence electrons. The van der Waals surface area contributed by atoms with Crippen LogP contribution in [0.3, 0.4) is 0 Å². The van der Waals surface area contributed by atoms with Crippen LogP contribution in [0.2, 0.25) is 0 Å². The van der Waals surface area contributed by atoms with Gasteiger partial charge < -0.3 is 14.7 Å². The van der Waals surface area contributed by atoms with Gasteiger partial charge in [0.15, 0.2) is 0 Å². The highest BCUT2D eigenvalue weighted by atomic mass is 15.3. The molecule has 2 aliphatic carbocycles. The van der Waals surface area contributed by atoms with Crippen molar-refractivity contribution in [3.05, 3.63) is 120 Å². The number of anilines is 7. The van der Waals surface area contributed by atoms with Crippen molar-refractivity contribution in [1.29, 1.82) is 0 Å². The average Bonchev–Trinajstić information content (AvgIpc) is 3.49. The van der Waals surface area contributed by atoms with Gasteiger partial charge in [0.1, 0.15) is 0 Å². The summed E-state index contributed by atoms with van der Waals surface area (Å²) in [6.45, 7) is 5.12. The second-order valence-corrected chi connectivity index (χ2v) is 15.4. The standard InChI is InChI=1S/C44H42BN3/c1-43-25-11-12-26-44(43,2)48-39-28-31(46(29-15-5-3-6-16-29)30-17-7-4-8-18-30)27-38-40(39)45(36-23-14-21-34(43)42(36)48)35-22-13-20-33-32-19-9-10-24-37(32)47(38)41(33)35/h3-8,13-18,20-23,27-28,32,37H,9-12,19,24-26H2,1-2H3/i32D,37D.